The summed E-state index contributed by atoms with van der Waals surface area (Å²) in [5.74, 6) is 1.50. The minimum Gasteiger partial charge on any atom is -0.493 e. The van der Waals surface area contributed by atoms with E-state index in [1.807, 2.05) is 0 Å². The zero-order chi connectivity index (χ0) is 27.9. The predicted molar refractivity (Wildman–Crippen MR) is 152 cm³/mol. The van der Waals surface area contributed by atoms with E-state index in [1.54, 1.807) is 24.5 Å². The first-order chi connectivity index (χ1) is 19.0. The molecule has 0 bridgehead atoms. The smallest absolute Gasteiger partial charge is 0.225 e. The second kappa shape index (κ2) is 17.4. The number of carbonyl (C=O) groups is 1. The normalized spacial score (nSPS) is 14.2. The summed E-state index contributed by atoms with van der Waals surface area (Å²) < 4.78 is 20.4. The van der Waals surface area contributed by atoms with Gasteiger partial charge in [-0.1, -0.05) is 43.4 Å². The Kier molecular flexibility index (Phi) is 13.9. The van der Waals surface area contributed by atoms with Crippen molar-refractivity contribution in [1.82, 2.24) is 9.97 Å². The fourth-order valence-electron chi connectivity index (χ4n) is 5.04. The molecule has 2 aromatic rings. The molecule has 1 aromatic carbocycles. The average Bonchev–Trinajstić information content (AvgIpc) is 2.95. The van der Waals surface area contributed by atoms with Crippen LogP contribution in [0.1, 0.15) is 76.2 Å². The van der Waals surface area contributed by atoms with Gasteiger partial charge in [-0.05, 0) is 56.1 Å². The Bertz CT molecular complexity index is 983. The van der Waals surface area contributed by atoms with Crippen LogP contribution in [0.25, 0.3) is 0 Å². The molecule has 0 unspecified atom stereocenters. The van der Waals surface area contributed by atoms with Gasteiger partial charge in [-0.3, -0.25) is 4.79 Å². The molecular weight excluding hydrogens is 521 g/mol. The number of aliphatic hydroxyl groups is 2. The maximum absolute atomic E-state index is 14.6. The summed E-state index contributed by atoms with van der Waals surface area (Å²) in [6.45, 7) is 2.44. The van der Waals surface area contributed by atoms with Crippen LogP contribution >= 0.6 is 11.6 Å². The lowest BCUT2D eigenvalue weighted by molar-refractivity contribution is -0.118. The molecule has 0 aliphatic carbocycles. The molecule has 0 amide bonds. The summed E-state index contributed by atoms with van der Waals surface area (Å²) in [6, 6.07) is 4.80. The number of piperidine rings is 1. The molecule has 0 atom stereocenters. The first-order valence-corrected chi connectivity index (χ1v) is 14.7. The number of hydrogen-bond donors (Lipinski definition) is 2. The van der Waals surface area contributed by atoms with Crippen molar-refractivity contribution >= 4 is 23.3 Å². The van der Waals surface area contributed by atoms with Crippen LogP contribution in [0.5, 0.6) is 5.75 Å². The molecule has 39 heavy (non-hydrogen) atoms. The first-order valence-electron chi connectivity index (χ1n) is 14.4. The Morgan fingerprint density at radius 1 is 1.05 bits per heavy atom. The van der Waals surface area contributed by atoms with E-state index in [1.165, 1.54) is 6.07 Å². The minimum absolute atomic E-state index is 0.0233. The number of Topliss-reactive ketones (excluding diaryl/α,β-unsaturated/α-hetero) is 1. The largest absolute Gasteiger partial charge is 0.493 e. The molecule has 1 saturated heterocycles. The van der Waals surface area contributed by atoms with E-state index >= 15 is 0 Å². The first kappa shape index (κ1) is 31.2. The zero-order valence-electron chi connectivity index (χ0n) is 22.9. The number of anilines is 1. The van der Waals surface area contributed by atoms with Crippen LogP contribution < -0.4 is 9.64 Å². The van der Waals surface area contributed by atoms with Gasteiger partial charge in [0, 0.05) is 51.1 Å². The number of aliphatic hydroxyl groups excluding tert-OH is 2. The molecule has 1 aliphatic rings. The third kappa shape index (κ3) is 11.4. The monoisotopic (exact) mass is 563 g/mol. The average molecular weight is 564 g/mol. The second-order valence-corrected chi connectivity index (χ2v) is 11.1. The van der Waals surface area contributed by atoms with E-state index in [0.717, 1.165) is 83.2 Å². The van der Waals surface area contributed by atoms with Gasteiger partial charge in [0.25, 0.3) is 0 Å². The quantitative estimate of drug-likeness (QED) is 0.222. The van der Waals surface area contributed by atoms with Gasteiger partial charge in [0.2, 0.25) is 5.95 Å². The zero-order valence-corrected chi connectivity index (χ0v) is 23.6. The molecule has 1 fully saturated rings. The predicted octanol–water partition coefficient (Wildman–Crippen LogP) is 5.79. The molecule has 0 saturated carbocycles. The molecule has 216 valence electrons. The molecule has 1 aromatic heterocycles. The van der Waals surface area contributed by atoms with Gasteiger partial charge in [0.05, 0.1) is 24.0 Å². The van der Waals surface area contributed by atoms with Crippen molar-refractivity contribution in [2.75, 3.05) is 37.8 Å². The highest BCUT2D eigenvalue weighted by Crippen LogP contribution is 2.25. The van der Waals surface area contributed by atoms with Crippen LogP contribution in [0.3, 0.4) is 0 Å². The second-order valence-electron chi connectivity index (χ2n) is 10.6. The summed E-state index contributed by atoms with van der Waals surface area (Å²) in [4.78, 5) is 23.1. The summed E-state index contributed by atoms with van der Waals surface area (Å²) in [5.41, 5.74) is 0.419. The van der Waals surface area contributed by atoms with Crippen LogP contribution in [-0.4, -0.2) is 58.9 Å². The maximum atomic E-state index is 14.6. The van der Waals surface area contributed by atoms with Gasteiger partial charge >= 0.3 is 0 Å². The van der Waals surface area contributed by atoms with Crippen molar-refractivity contribution < 1.29 is 24.1 Å². The summed E-state index contributed by atoms with van der Waals surface area (Å²) in [7, 11) is 0. The number of nitrogens with zero attached hydrogens (tertiary/aromatic N) is 3. The van der Waals surface area contributed by atoms with Crippen LogP contribution in [0, 0.1) is 17.7 Å². The Morgan fingerprint density at radius 3 is 2.44 bits per heavy atom. The van der Waals surface area contributed by atoms with Crippen LogP contribution in [0.4, 0.5) is 10.3 Å². The molecule has 3 rings (SSSR count). The van der Waals surface area contributed by atoms with E-state index in [2.05, 4.69) is 14.9 Å². The van der Waals surface area contributed by atoms with Crippen LogP contribution in [-0.2, 0) is 11.2 Å². The molecule has 2 heterocycles. The summed E-state index contributed by atoms with van der Waals surface area (Å²) in [5, 5.41) is 18.7. The lowest BCUT2D eigenvalue weighted by Crippen LogP contribution is -2.34. The van der Waals surface area contributed by atoms with E-state index < -0.39 is 0 Å². The third-order valence-corrected chi connectivity index (χ3v) is 7.72. The maximum Gasteiger partial charge on any atom is 0.225 e. The van der Waals surface area contributed by atoms with Gasteiger partial charge < -0.3 is 19.8 Å². The highest BCUT2D eigenvalue weighted by Gasteiger charge is 2.20. The van der Waals surface area contributed by atoms with E-state index in [4.69, 9.17) is 26.6 Å². The highest BCUT2D eigenvalue weighted by atomic mass is 35.5. The topological polar surface area (TPSA) is 95.8 Å². The van der Waals surface area contributed by atoms with Crippen LogP contribution in [0.2, 0.25) is 5.02 Å². The molecule has 9 heteroatoms. The number of rotatable bonds is 18. The number of halogens is 2. The van der Waals surface area contributed by atoms with E-state index in [-0.39, 0.29) is 37.2 Å². The molecule has 2 N–H and O–H groups in total. The number of ketones is 1. The van der Waals surface area contributed by atoms with Crippen molar-refractivity contribution in [3.8, 4) is 5.75 Å². The lowest BCUT2D eigenvalue weighted by Gasteiger charge is -2.31. The number of unbranched alkanes of at least 4 members (excludes halogenated alkanes) is 4. The number of aromatic nitrogens is 2. The molecule has 0 radical (unpaired) electrons. The van der Waals surface area contributed by atoms with Gasteiger partial charge in [-0.2, -0.15) is 0 Å². The fraction of sp³-hybridized carbons (Fsp3) is 0.633. The molecule has 0 spiro atoms. The van der Waals surface area contributed by atoms with Crippen molar-refractivity contribution in [1.29, 1.82) is 0 Å². The van der Waals surface area contributed by atoms with Gasteiger partial charge in [-0.25, -0.2) is 14.4 Å². The SMILES string of the molecule is O=C(CCCCCCCC(CO)CO)Cc1ccc(OCCCC2CCN(c3ncc(Cl)cn3)CC2)cc1F. The van der Waals surface area contributed by atoms with Crippen molar-refractivity contribution in [2.45, 2.75) is 77.0 Å². The van der Waals surface area contributed by atoms with Crippen LogP contribution in [0.15, 0.2) is 30.6 Å². The highest BCUT2D eigenvalue weighted by molar-refractivity contribution is 6.30. The minimum atomic E-state index is -0.389. The third-order valence-electron chi connectivity index (χ3n) is 7.53. The summed E-state index contributed by atoms with van der Waals surface area (Å²) in [6.07, 6.45) is 13.6. The van der Waals surface area contributed by atoms with Crippen molar-refractivity contribution in [3.05, 3.63) is 47.0 Å². The Labute approximate surface area is 236 Å². The molecule has 7 nitrogen and oxygen atoms in total. The van der Waals surface area contributed by atoms with Crippen molar-refractivity contribution in [2.24, 2.45) is 11.8 Å². The fourth-order valence-corrected chi connectivity index (χ4v) is 5.14. The summed E-state index contributed by atoms with van der Waals surface area (Å²) >= 11 is 5.87. The number of carbonyl (C=O) groups excluding carboxylic acids is 1. The van der Waals surface area contributed by atoms with Gasteiger partial charge in [-0.15, -0.1) is 0 Å². The van der Waals surface area contributed by atoms with Gasteiger partial charge in [0.15, 0.2) is 0 Å². The van der Waals surface area contributed by atoms with Crippen molar-refractivity contribution in [3.63, 3.8) is 0 Å². The standard InChI is InChI=1S/C30H43ClFN3O4/c31-26-19-33-30(34-20-26)35-14-12-23(13-15-35)8-6-16-39-28-11-10-25(29(32)18-28)17-27(38)9-5-3-1-2-4-7-24(21-36)22-37/h10-11,18-20,23-24,36-37H,1-9,12-17,21-22H2. The number of ether oxygens (including phenoxy) is 1. The number of hydrogen-bond acceptors (Lipinski definition) is 7. The van der Waals surface area contributed by atoms with E-state index in [0.29, 0.717) is 35.3 Å². The van der Waals surface area contributed by atoms with E-state index in [9.17, 15) is 9.18 Å². The lowest BCUT2D eigenvalue weighted by atomic mass is 9.92. The molecule has 1 aliphatic heterocycles. The Hall–Kier alpha value is -2.29. The Balaban J connectivity index is 1.25. The van der Waals surface area contributed by atoms with Gasteiger partial charge in [0.1, 0.15) is 17.3 Å². The molecular formula is C30H43ClFN3O4. The number of benzene rings is 1. The Morgan fingerprint density at radius 2 is 1.74 bits per heavy atom.